The van der Waals surface area contributed by atoms with Crippen LogP contribution in [0.2, 0.25) is 0 Å². The summed E-state index contributed by atoms with van der Waals surface area (Å²) in [5.74, 6) is -2.98. The predicted octanol–water partition coefficient (Wildman–Crippen LogP) is 4.68. The van der Waals surface area contributed by atoms with Gasteiger partial charge in [0.15, 0.2) is 11.6 Å². The van der Waals surface area contributed by atoms with Crippen LogP contribution in [0.5, 0.6) is 0 Å². The molecule has 0 saturated carbocycles. The number of hydrogen-bond acceptors (Lipinski definition) is 4. The number of alkyl halides is 3. The minimum Gasteiger partial charge on any atom is -0.385 e. The number of anilines is 2. The van der Waals surface area contributed by atoms with E-state index in [9.17, 15) is 35.2 Å². The molecule has 0 aromatic heterocycles. The summed E-state index contributed by atoms with van der Waals surface area (Å²) in [6.45, 7) is 3.51. The minimum absolute atomic E-state index is 0.0358. The number of sulfonamides is 1. The van der Waals surface area contributed by atoms with Crippen LogP contribution in [0.15, 0.2) is 36.4 Å². The number of nitrogens with one attached hydrogen (secondary N) is 3. The van der Waals surface area contributed by atoms with Gasteiger partial charge in [-0.2, -0.15) is 13.2 Å². The molecule has 6 nitrogen and oxygen atoms in total. The van der Waals surface area contributed by atoms with Crippen LogP contribution >= 0.6 is 0 Å². The minimum atomic E-state index is -4.52. The number of rotatable bonds is 8. The van der Waals surface area contributed by atoms with Gasteiger partial charge in [-0.3, -0.25) is 9.52 Å². The molecular weight excluding hydrogens is 469 g/mol. The molecule has 0 fully saturated rings. The number of carbonyl (C=O) groups is 1. The van der Waals surface area contributed by atoms with Gasteiger partial charge in [-0.15, -0.1) is 0 Å². The number of amides is 1. The third-order valence-corrected chi connectivity index (χ3v) is 4.95. The summed E-state index contributed by atoms with van der Waals surface area (Å²) >= 11 is 0. The Hall–Kier alpha value is -3.15. The maximum Gasteiger partial charge on any atom is 0.416 e. The molecule has 1 amide bonds. The lowest BCUT2D eigenvalue weighted by Crippen LogP contribution is -2.25. The van der Waals surface area contributed by atoms with E-state index in [1.54, 1.807) is 11.6 Å². The number of halogens is 5. The quantitative estimate of drug-likeness (QED) is 0.370. The zero-order chi connectivity index (χ0) is 25.0. The summed E-state index contributed by atoms with van der Waals surface area (Å²) in [5.41, 5.74) is -1.12. The molecule has 0 saturated heterocycles. The molecule has 2 aromatic rings. The van der Waals surface area contributed by atoms with E-state index in [-0.39, 0.29) is 11.3 Å². The SMILES string of the molecule is CCNc1cc(C(F)(F)F)ccc1C=CC(=O)N[C@H](C)c1cc(F)c(NS(C)(=O)=O)c(F)c1. The van der Waals surface area contributed by atoms with Gasteiger partial charge in [0.25, 0.3) is 0 Å². The lowest BCUT2D eigenvalue weighted by atomic mass is 10.1. The summed E-state index contributed by atoms with van der Waals surface area (Å²) in [5, 5.41) is 5.28. The lowest BCUT2D eigenvalue weighted by Gasteiger charge is -2.15. The lowest BCUT2D eigenvalue weighted by molar-refractivity contribution is -0.137. The average molecular weight is 491 g/mol. The van der Waals surface area contributed by atoms with E-state index in [0.29, 0.717) is 12.1 Å². The Morgan fingerprint density at radius 3 is 2.24 bits per heavy atom. The first-order chi connectivity index (χ1) is 15.2. The Kier molecular flexibility index (Phi) is 8.06. The largest absolute Gasteiger partial charge is 0.416 e. The molecule has 0 bridgehead atoms. The Morgan fingerprint density at radius 2 is 1.73 bits per heavy atom. The fraction of sp³-hybridized carbons (Fsp3) is 0.286. The van der Waals surface area contributed by atoms with Gasteiger partial charge in [-0.25, -0.2) is 17.2 Å². The highest BCUT2D eigenvalue weighted by atomic mass is 32.2. The van der Waals surface area contributed by atoms with E-state index in [1.807, 2.05) is 0 Å². The molecule has 2 rings (SSSR count). The first kappa shape index (κ1) is 26.1. The van der Waals surface area contributed by atoms with Crippen molar-refractivity contribution in [2.24, 2.45) is 0 Å². The van der Waals surface area contributed by atoms with Gasteiger partial charge in [0.1, 0.15) is 5.69 Å². The van der Waals surface area contributed by atoms with Crippen molar-refractivity contribution in [3.05, 3.63) is 64.7 Å². The zero-order valence-electron chi connectivity index (χ0n) is 17.8. The van der Waals surface area contributed by atoms with Crippen molar-refractivity contribution in [1.82, 2.24) is 5.32 Å². The molecule has 3 N–H and O–H groups in total. The van der Waals surface area contributed by atoms with E-state index in [0.717, 1.165) is 36.6 Å². The Morgan fingerprint density at radius 1 is 1.12 bits per heavy atom. The second kappa shape index (κ2) is 10.2. The van der Waals surface area contributed by atoms with E-state index in [2.05, 4.69) is 10.6 Å². The fourth-order valence-electron chi connectivity index (χ4n) is 2.86. The summed E-state index contributed by atoms with van der Waals surface area (Å²) in [7, 11) is -3.90. The molecule has 0 radical (unpaired) electrons. The molecule has 0 unspecified atom stereocenters. The summed E-state index contributed by atoms with van der Waals surface area (Å²) in [4.78, 5) is 12.2. The van der Waals surface area contributed by atoms with Crippen molar-refractivity contribution in [3.8, 4) is 0 Å². The van der Waals surface area contributed by atoms with Gasteiger partial charge in [-0.1, -0.05) is 6.07 Å². The average Bonchev–Trinajstić information content (AvgIpc) is 2.68. The Balaban J connectivity index is 2.18. The second-order valence-electron chi connectivity index (χ2n) is 7.13. The van der Waals surface area contributed by atoms with Crippen molar-refractivity contribution >= 4 is 33.4 Å². The first-order valence-corrected chi connectivity index (χ1v) is 11.5. The van der Waals surface area contributed by atoms with Crippen LogP contribution < -0.4 is 15.4 Å². The van der Waals surface area contributed by atoms with Crippen molar-refractivity contribution in [2.45, 2.75) is 26.1 Å². The Labute approximate surface area is 187 Å². The van der Waals surface area contributed by atoms with Crippen LogP contribution in [0.3, 0.4) is 0 Å². The van der Waals surface area contributed by atoms with E-state index < -0.39 is 51.0 Å². The van der Waals surface area contributed by atoms with Gasteiger partial charge >= 0.3 is 6.18 Å². The van der Waals surface area contributed by atoms with Gasteiger partial charge in [0.05, 0.1) is 17.9 Å². The highest BCUT2D eigenvalue weighted by Crippen LogP contribution is 2.32. The predicted molar refractivity (Wildman–Crippen MR) is 116 cm³/mol. The van der Waals surface area contributed by atoms with Gasteiger partial charge in [0.2, 0.25) is 15.9 Å². The topological polar surface area (TPSA) is 87.3 Å². The molecule has 0 spiro atoms. The third-order valence-electron chi connectivity index (χ3n) is 4.37. The number of hydrogen-bond donors (Lipinski definition) is 3. The smallest absolute Gasteiger partial charge is 0.385 e. The second-order valence-corrected chi connectivity index (χ2v) is 8.88. The first-order valence-electron chi connectivity index (χ1n) is 9.61. The van der Waals surface area contributed by atoms with Gasteiger partial charge in [0, 0.05) is 18.3 Å². The van der Waals surface area contributed by atoms with E-state index in [4.69, 9.17) is 0 Å². The molecule has 2 aromatic carbocycles. The Bertz CT molecular complexity index is 1140. The molecule has 1 atom stereocenters. The number of benzene rings is 2. The highest BCUT2D eigenvalue weighted by molar-refractivity contribution is 7.92. The van der Waals surface area contributed by atoms with Crippen LogP contribution in [-0.4, -0.2) is 27.1 Å². The maximum absolute atomic E-state index is 14.2. The molecule has 0 aliphatic heterocycles. The molecule has 12 heteroatoms. The molecule has 33 heavy (non-hydrogen) atoms. The van der Waals surface area contributed by atoms with Crippen molar-refractivity contribution in [3.63, 3.8) is 0 Å². The van der Waals surface area contributed by atoms with Crippen molar-refractivity contribution < 1.29 is 35.2 Å². The van der Waals surface area contributed by atoms with Gasteiger partial charge in [-0.05, 0) is 55.3 Å². The van der Waals surface area contributed by atoms with E-state index >= 15 is 0 Å². The van der Waals surface area contributed by atoms with Crippen molar-refractivity contribution in [2.75, 3.05) is 22.8 Å². The molecule has 0 heterocycles. The van der Waals surface area contributed by atoms with Crippen LogP contribution in [0, 0.1) is 11.6 Å². The number of carbonyl (C=O) groups excluding carboxylic acids is 1. The normalized spacial score (nSPS) is 13.1. The van der Waals surface area contributed by atoms with Crippen LogP contribution in [-0.2, 0) is 21.0 Å². The molecule has 180 valence electrons. The highest BCUT2D eigenvalue weighted by Gasteiger charge is 2.30. The third kappa shape index (κ3) is 7.45. The van der Waals surface area contributed by atoms with E-state index in [1.165, 1.54) is 19.1 Å². The zero-order valence-corrected chi connectivity index (χ0v) is 18.7. The van der Waals surface area contributed by atoms with Gasteiger partial charge < -0.3 is 10.6 Å². The monoisotopic (exact) mass is 491 g/mol. The van der Waals surface area contributed by atoms with Crippen LogP contribution in [0.4, 0.5) is 33.3 Å². The summed E-state index contributed by atoms with van der Waals surface area (Å²) < 4.78 is 91.3. The van der Waals surface area contributed by atoms with Crippen LogP contribution in [0.25, 0.3) is 6.08 Å². The maximum atomic E-state index is 14.2. The van der Waals surface area contributed by atoms with Crippen molar-refractivity contribution in [1.29, 1.82) is 0 Å². The van der Waals surface area contributed by atoms with Crippen LogP contribution in [0.1, 0.15) is 36.6 Å². The fourth-order valence-corrected chi connectivity index (χ4v) is 3.42. The summed E-state index contributed by atoms with van der Waals surface area (Å²) in [6.07, 6.45) is -1.39. The molecule has 0 aliphatic carbocycles. The summed E-state index contributed by atoms with van der Waals surface area (Å²) in [6, 6.07) is 3.93. The standard InChI is InChI=1S/C21H22F5N3O3S/c1-4-27-18-11-15(21(24,25)26)7-5-13(18)6-8-19(30)28-12(2)14-9-16(22)20(17(23)10-14)29-33(3,31)32/h5-12,27,29H,4H2,1-3H3,(H,28,30)/t12-/m1/s1. The molecule has 0 aliphatic rings. The molecular formula is C21H22F5N3O3S.